The predicted molar refractivity (Wildman–Crippen MR) is 80.1 cm³/mol. The number of amides is 1. The van der Waals surface area contributed by atoms with Crippen molar-refractivity contribution in [2.24, 2.45) is 0 Å². The second-order valence-electron chi connectivity index (χ2n) is 4.89. The summed E-state index contributed by atoms with van der Waals surface area (Å²) in [4.78, 5) is 18.7. The van der Waals surface area contributed by atoms with E-state index in [1.165, 1.54) is 0 Å². The molecule has 0 bridgehead atoms. The number of nitrogens with zero attached hydrogens (tertiary/aromatic N) is 2. The maximum Gasteiger partial charge on any atom is 0.231 e. The van der Waals surface area contributed by atoms with Crippen molar-refractivity contribution in [3.8, 4) is 0 Å². The monoisotopic (exact) mass is 286 g/mol. The molecule has 1 aromatic heterocycles. The molecule has 3 rings (SSSR count). The van der Waals surface area contributed by atoms with Gasteiger partial charge in [0, 0.05) is 17.8 Å². The molecule has 1 amide bonds. The standard InChI is InChI=1S/C16H15ClN2O/c17-13-6-2-1-5-12(13)11-16(20)19-10-4-7-14-15(19)8-3-9-18-14/h1-3,5-6,8-9H,4,7,10-11H2. The van der Waals surface area contributed by atoms with Gasteiger partial charge in [0.1, 0.15) is 0 Å². The molecule has 2 aromatic rings. The minimum absolute atomic E-state index is 0.0760. The number of carbonyl (C=O) groups is 1. The lowest BCUT2D eigenvalue weighted by Crippen LogP contribution is -2.36. The lowest BCUT2D eigenvalue weighted by molar-refractivity contribution is -0.118. The maximum absolute atomic E-state index is 12.5. The van der Waals surface area contributed by atoms with Crippen LogP contribution in [0.5, 0.6) is 0 Å². The Bertz CT molecular complexity index is 642. The van der Waals surface area contributed by atoms with Crippen LogP contribution in [0.3, 0.4) is 0 Å². The SMILES string of the molecule is O=C(Cc1ccccc1Cl)N1CCCc2ncccc21. The summed E-state index contributed by atoms with van der Waals surface area (Å²) in [6.45, 7) is 0.752. The summed E-state index contributed by atoms with van der Waals surface area (Å²) in [6, 6.07) is 11.3. The quantitative estimate of drug-likeness (QED) is 0.849. The molecule has 1 aliphatic heterocycles. The van der Waals surface area contributed by atoms with Gasteiger partial charge >= 0.3 is 0 Å². The Kier molecular flexibility index (Phi) is 3.70. The number of carbonyl (C=O) groups excluding carboxylic acids is 1. The van der Waals surface area contributed by atoms with Gasteiger partial charge in [-0.2, -0.15) is 0 Å². The van der Waals surface area contributed by atoms with Crippen LogP contribution in [0.25, 0.3) is 0 Å². The molecule has 0 unspecified atom stereocenters. The molecule has 0 saturated carbocycles. The van der Waals surface area contributed by atoms with Crippen molar-refractivity contribution in [2.75, 3.05) is 11.4 Å². The average Bonchev–Trinajstić information content (AvgIpc) is 2.49. The van der Waals surface area contributed by atoms with E-state index in [2.05, 4.69) is 4.98 Å². The summed E-state index contributed by atoms with van der Waals surface area (Å²) in [7, 11) is 0. The van der Waals surface area contributed by atoms with Crippen molar-refractivity contribution in [1.82, 2.24) is 4.98 Å². The lowest BCUT2D eigenvalue weighted by Gasteiger charge is -2.28. The van der Waals surface area contributed by atoms with Crippen LogP contribution < -0.4 is 4.90 Å². The first-order valence-electron chi connectivity index (χ1n) is 6.73. The summed E-state index contributed by atoms with van der Waals surface area (Å²) in [6.07, 6.45) is 4.00. The Morgan fingerprint density at radius 2 is 2.10 bits per heavy atom. The molecule has 0 atom stereocenters. The molecule has 3 nitrogen and oxygen atoms in total. The van der Waals surface area contributed by atoms with Crippen molar-refractivity contribution in [3.05, 3.63) is 58.9 Å². The van der Waals surface area contributed by atoms with Gasteiger partial charge < -0.3 is 4.90 Å². The molecule has 0 aliphatic carbocycles. The Hall–Kier alpha value is -1.87. The predicted octanol–water partition coefficient (Wildman–Crippen LogP) is 3.26. The zero-order chi connectivity index (χ0) is 13.9. The van der Waals surface area contributed by atoms with E-state index in [0.29, 0.717) is 11.4 Å². The Labute approximate surface area is 123 Å². The van der Waals surface area contributed by atoms with Crippen molar-refractivity contribution in [1.29, 1.82) is 0 Å². The maximum atomic E-state index is 12.5. The number of anilines is 1. The highest BCUT2D eigenvalue weighted by atomic mass is 35.5. The van der Waals surface area contributed by atoms with Gasteiger partial charge in [-0.05, 0) is 36.6 Å². The number of hydrogen-bond donors (Lipinski definition) is 0. The molecule has 4 heteroatoms. The average molecular weight is 287 g/mol. The summed E-state index contributed by atoms with van der Waals surface area (Å²) >= 11 is 6.12. The van der Waals surface area contributed by atoms with Gasteiger partial charge in [0.05, 0.1) is 17.8 Å². The second kappa shape index (κ2) is 5.63. The van der Waals surface area contributed by atoms with Crippen LogP contribution in [-0.2, 0) is 17.6 Å². The number of halogens is 1. The van der Waals surface area contributed by atoms with Gasteiger partial charge in [0.2, 0.25) is 5.91 Å². The number of rotatable bonds is 2. The number of benzene rings is 1. The zero-order valence-electron chi connectivity index (χ0n) is 11.1. The highest BCUT2D eigenvalue weighted by Gasteiger charge is 2.23. The van der Waals surface area contributed by atoms with Crippen LogP contribution in [0.15, 0.2) is 42.6 Å². The van der Waals surface area contributed by atoms with Crippen molar-refractivity contribution >= 4 is 23.2 Å². The first-order chi connectivity index (χ1) is 9.75. The Balaban J connectivity index is 1.84. The summed E-state index contributed by atoms with van der Waals surface area (Å²) in [5, 5.41) is 0.643. The second-order valence-corrected chi connectivity index (χ2v) is 5.29. The molecule has 1 aliphatic rings. The van der Waals surface area contributed by atoms with Gasteiger partial charge in [-0.3, -0.25) is 9.78 Å². The van der Waals surface area contributed by atoms with E-state index < -0.39 is 0 Å². The van der Waals surface area contributed by atoms with Gasteiger partial charge in [0.15, 0.2) is 0 Å². The Morgan fingerprint density at radius 1 is 1.25 bits per heavy atom. The van der Waals surface area contributed by atoms with E-state index >= 15 is 0 Å². The van der Waals surface area contributed by atoms with Crippen LogP contribution in [0, 0.1) is 0 Å². The molecular weight excluding hydrogens is 272 g/mol. The minimum Gasteiger partial charge on any atom is -0.310 e. The molecule has 0 saturated heterocycles. The minimum atomic E-state index is 0.0760. The van der Waals surface area contributed by atoms with Crippen LogP contribution in [-0.4, -0.2) is 17.4 Å². The summed E-state index contributed by atoms with van der Waals surface area (Å²) in [5.41, 5.74) is 2.82. The zero-order valence-corrected chi connectivity index (χ0v) is 11.8. The fraction of sp³-hybridized carbons (Fsp3) is 0.250. The number of aromatic nitrogens is 1. The van der Waals surface area contributed by atoms with Crippen LogP contribution in [0.2, 0.25) is 5.02 Å². The van der Waals surface area contributed by atoms with E-state index in [9.17, 15) is 4.79 Å². The number of hydrogen-bond acceptors (Lipinski definition) is 2. The van der Waals surface area contributed by atoms with Crippen molar-refractivity contribution < 1.29 is 4.79 Å². The first kappa shape index (κ1) is 13.1. The molecule has 0 N–H and O–H groups in total. The van der Waals surface area contributed by atoms with Crippen molar-refractivity contribution in [3.63, 3.8) is 0 Å². The number of aryl methyl sites for hydroxylation is 1. The fourth-order valence-corrected chi connectivity index (χ4v) is 2.75. The summed E-state index contributed by atoms with van der Waals surface area (Å²) < 4.78 is 0. The largest absolute Gasteiger partial charge is 0.310 e. The molecule has 102 valence electrons. The topological polar surface area (TPSA) is 33.2 Å². The molecule has 20 heavy (non-hydrogen) atoms. The molecule has 1 aromatic carbocycles. The number of pyridine rings is 1. The van der Waals surface area contributed by atoms with Gasteiger partial charge in [0.25, 0.3) is 0 Å². The van der Waals surface area contributed by atoms with E-state index in [-0.39, 0.29) is 5.91 Å². The van der Waals surface area contributed by atoms with Gasteiger partial charge in [-0.25, -0.2) is 0 Å². The highest BCUT2D eigenvalue weighted by Crippen LogP contribution is 2.26. The van der Waals surface area contributed by atoms with E-state index in [4.69, 9.17) is 11.6 Å². The van der Waals surface area contributed by atoms with Crippen molar-refractivity contribution in [2.45, 2.75) is 19.3 Å². The number of fused-ring (bicyclic) bond motifs is 1. The third kappa shape index (κ3) is 2.54. The molecule has 2 heterocycles. The van der Waals surface area contributed by atoms with Crippen LogP contribution >= 0.6 is 11.6 Å². The molecule has 0 fully saturated rings. The third-order valence-electron chi connectivity index (χ3n) is 3.55. The van der Waals surface area contributed by atoms with E-state index in [1.54, 1.807) is 6.20 Å². The van der Waals surface area contributed by atoms with Crippen LogP contribution in [0.4, 0.5) is 5.69 Å². The fourth-order valence-electron chi connectivity index (χ4n) is 2.55. The van der Waals surface area contributed by atoms with Crippen LogP contribution in [0.1, 0.15) is 17.7 Å². The lowest BCUT2D eigenvalue weighted by atomic mass is 10.1. The van der Waals surface area contributed by atoms with Gasteiger partial charge in [-0.1, -0.05) is 29.8 Å². The molecule has 0 radical (unpaired) electrons. The smallest absolute Gasteiger partial charge is 0.231 e. The first-order valence-corrected chi connectivity index (χ1v) is 7.11. The normalized spacial score (nSPS) is 13.9. The highest BCUT2D eigenvalue weighted by molar-refractivity contribution is 6.31. The van der Waals surface area contributed by atoms with E-state index in [1.807, 2.05) is 41.3 Å². The summed E-state index contributed by atoms with van der Waals surface area (Å²) in [5.74, 6) is 0.0760. The van der Waals surface area contributed by atoms with Gasteiger partial charge in [-0.15, -0.1) is 0 Å². The molecule has 0 spiro atoms. The molecular formula is C16H15ClN2O. The van der Waals surface area contributed by atoms with E-state index in [0.717, 1.165) is 36.3 Å². The third-order valence-corrected chi connectivity index (χ3v) is 3.92. The Morgan fingerprint density at radius 3 is 2.95 bits per heavy atom.